The van der Waals surface area contributed by atoms with Crippen LogP contribution < -0.4 is 14.5 Å². The molecule has 2 aliphatic rings. The van der Waals surface area contributed by atoms with Crippen LogP contribution in [0.4, 0.5) is 16.0 Å². The fourth-order valence-corrected chi connectivity index (χ4v) is 5.75. The number of hydrogen-bond acceptors (Lipinski definition) is 8. The van der Waals surface area contributed by atoms with Crippen LogP contribution >= 0.6 is 11.8 Å². The molecule has 10 heteroatoms. The van der Waals surface area contributed by atoms with Crippen LogP contribution in [0.2, 0.25) is 0 Å². The second-order valence-electron chi connectivity index (χ2n) is 9.05. The highest BCUT2D eigenvalue weighted by Gasteiger charge is 2.32. The Bertz CT molecular complexity index is 1600. The highest BCUT2D eigenvalue weighted by Crippen LogP contribution is 2.46. The van der Waals surface area contributed by atoms with E-state index in [2.05, 4.69) is 21.2 Å². The van der Waals surface area contributed by atoms with Crippen molar-refractivity contribution < 1.29 is 13.9 Å². The maximum Gasteiger partial charge on any atom is 0.232 e. The molecule has 1 aromatic heterocycles. The molecule has 0 atom stereocenters. The van der Waals surface area contributed by atoms with Gasteiger partial charge in [0.2, 0.25) is 5.95 Å². The molecule has 40 heavy (non-hydrogen) atoms. The number of benzene rings is 3. The van der Waals surface area contributed by atoms with Gasteiger partial charge in [-0.1, -0.05) is 30.0 Å². The number of aromatic nitrogens is 3. The molecule has 2 aliphatic heterocycles. The molecule has 0 amide bonds. The fraction of sp³-hybridized carbons (Fsp3) is 0.167. The molecule has 0 aliphatic carbocycles. The van der Waals surface area contributed by atoms with Crippen molar-refractivity contribution in [2.24, 2.45) is 0 Å². The molecule has 1 saturated heterocycles. The first-order valence-corrected chi connectivity index (χ1v) is 13.6. The van der Waals surface area contributed by atoms with Crippen molar-refractivity contribution in [3.05, 3.63) is 107 Å². The van der Waals surface area contributed by atoms with E-state index in [0.717, 1.165) is 22.6 Å². The Morgan fingerprint density at radius 1 is 0.950 bits per heavy atom. The predicted octanol–water partition coefficient (Wildman–Crippen LogP) is 5.70. The molecule has 8 nitrogen and oxygen atoms in total. The first-order valence-electron chi connectivity index (χ1n) is 12.7. The third-order valence-electron chi connectivity index (χ3n) is 6.70. The highest BCUT2D eigenvalue weighted by atomic mass is 32.2. The monoisotopic (exact) mass is 552 g/mol. The number of halogens is 1. The molecule has 4 aromatic rings. The number of nitrogens with zero attached hydrogens (tertiary/aromatic N) is 6. The van der Waals surface area contributed by atoms with Gasteiger partial charge in [-0.25, -0.2) is 4.39 Å². The lowest BCUT2D eigenvalue weighted by Crippen LogP contribution is -2.38. The summed E-state index contributed by atoms with van der Waals surface area (Å²) in [5.74, 6) is 1.49. The number of para-hydroxylation sites is 1. The Balaban J connectivity index is 1.53. The van der Waals surface area contributed by atoms with Gasteiger partial charge in [0.1, 0.15) is 28.2 Å². The number of nitriles is 1. The minimum absolute atomic E-state index is 0.314. The molecular weight excluding hydrogens is 527 g/mol. The standard InChI is InChI=1S/C30H25FN6O2S/c1-38-25-13-11-24(12-14-25)36-27(21-7-9-22(31)10-8-21)20-40-29(36)26(19-32)28-33-34-30(35-15-17-39-18-16-35)37(28)23-5-3-2-4-6-23/h2-14,20H,15-18H2,1H3. The first-order chi connectivity index (χ1) is 19.7. The normalized spacial score (nSPS) is 16.5. The van der Waals surface area contributed by atoms with Gasteiger partial charge in [0.25, 0.3) is 0 Å². The van der Waals surface area contributed by atoms with Crippen molar-refractivity contribution in [1.29, 1.82) is 5.26 Å². The maximum atomic E-state index is 13.8. The van der Waals surface area contributed by atoms with E-state index in [4.69, 9.17) is 9.47 Å². The van der Waals surface area contributed by atoms with Crippen molar-refractivity contribution in [3.63, 3.8) is 0 Å². The van der Waals surface area contributed by atoms with Gasteiger partial charge in [-0.3, -0.25) is 4.57 Å². The summed E-state index contributed by atoms with van der Waals surface area (Å²) in [7, 11) is 1.62. The van der Waals surface area contributed by atoms with Crippen LogP contribution in [-0.4, -0.2) is 48.2 Å². The smallest absolute Gasteiger partial charge is 0.232 e. The largest absolute Gasteiger partial charge is 0.497 e. The highest BCUT2D eigenvalue weighted by molar-refractivity contribution is 8.06. The van der Waals surface area contributed by atoms with E-state index >= 15 is 0 Å². The minimum Gasteiger partial charge on any atom is -0.497 e. The SMILES string of the molecule is COc1ccc(N2C(c3ccc(F)cc3)=CSC2=C(C#N)c2nnc(N3CCOCC3)n2-c2ccccc2)cc1. The second-order valence-corrected chi connectivity index (χ2v) is 9.91. The van der Waals surface area contributed by atoms with Crippen LogP contribution in [0, 0.1) is 17.1 Å². The summed E-state index contributed by atoms with van der Waals surface area (Å²) in [5.41, 5.74) is 3.67. The quantitative estimate of drug-likeness (QED) is 0.282. The third-order valence-corrected chi connectivity index (χ3v) is 7.65. The fourth-order valence-electron chi connectivity index (χ4n) is 4.72. The van der Waals surface area contributed by atoms with Crippen LogP contribution in [0.1, 0.15) is 11.4 Å². The molecule has 6 rings (SSSR count). The van der Waals surface area contributed by atoms with Crippen LogP contribution in [0.5, 0.6) is 5.75 Å². The number of hydrogen-bond donors (Lipinski definition) is 0. The molecule has 200 valence electrons. The lowest BCUT2D eigenvalue weighted by atomic mass is 10.1. The molecule has 0 N–H and O–H groups in total. The van der Waals surface area contributed by atoms with Crippen molar-refractivity contribution in [2.45, 2.75) is 0 Å². The Hall–Kier alpha value is -4.59. The second kappa shape index (κ2) is 11.3. The number of anilines is 2. The van der Waals surface area contributed by atoms with Gasteiger partial charge in [-0.15, -0.1) is 10.2 Å². The van der Waals surface area contributed by atoms with E-state index in [-0.39, 0.29) is 5.82 Å². The number of thioether (sulfide) groups is 1. The van der Waals surface area contributed by atoms with Crippen molar-refractivity contribution in [1.82, 2.24) is 14.8 Å². The molecule has 0 unspecified atom stereocenters. The van der Waals surface area contributed by atoms with Crippen LogP contribution in [-0.2, 0) is 4.74 Å². The van der Waals surface area contributed by atoms with Crippen LogP contribution in [0.3, 0.4) is 0 Å². The maximum absolute atomic E-state index is 13.8. The van der Waals surface area contributed by atoms with Gasteiger partial charge >= 0.3 is 0 Å². The van der Waals surface area contributed by atoms with Gasteiger partial charge in [-0.05, 0) is 66.2 Å². The minimum atomic E-state index is -0.314. The number of ether oxygens (including phenoxy) is 2. The summed E-state index contributed by atoms with van der Waals surface area (Å²) in [5, 5.41) is 22.4. The summed E-state index contributed by atoms with van der Waals surface area (Å²) in [4.78, 5) is 4.12. The zero-order chi connectivity index (χ0) is 27.5. The van der Waals surface area contributed by atoms with E-state index in [1.807, 2.05) is 69.5 Å². The van der Waals surface area contributed by atoms with E-state index in [1.54, 1.807) is 19.2 Å². The lowest BCUT2D eigenvalue weighted by Gasteiger charge is -2.28. The summed E-state index contributed by atoms with van der Waals surface area (Å²) in [6, 6.07) is 26.1. The topological polar surface area (TPSA) is 79.4 Å². The summed E-state index contributed by atoms with van der Waals surface area (Å²) >= 11 is 1.42. The molecule has 3 aromatic carbocycles. The zero-order valence-electron chi connectivity index (χ0n) is 21.7. The van der Waals surface area contributed by atoms with E-state index in [9.17, 15) is 9.65 Å². The van der Waals surface area contributed by atoms with Crippen molar-refractivity contribution >= 4 is 34.7 Å². The molecular formula is C30H25FN6O2S. The van der Waals surface area contributed by atoms with Gasteiger partial charge in [0.05, 0.1) is 31.7 Å². The number of rotatable bonds is 6. The predicted molar refractivity (Wildman–Crippen MR) is 154 cm³/mol. The molecule has 1 fully saturated rings. The van der Waals surface area contributed by atoms with Crippen molar-refractivity contribution in [2.75, 3.05) is 43.2 Å². The van der Waals surface area contributed by atoms with Gasteiger partial charge in [-0.2, -0.15) is 5.26 Å². The Morgan fingerprint density at radius 3 is 2.35 bits per heavy atom. The van der Waals surface area contributed by atoms with Crippen molar-refractivity contribution in [3.8, 4) is 17.5 Å². The summed E-state index contributed by atoms with van der Waals surface area (Å²) in [6.45, 7) is 2.53. The van der Waals surface area contributed by atoms with Gasteiger partial charge < -0.3 is 19.3 Å². The average Bonchev–Trinajstić information content (AvgIpc) is 3.65. The van der Waals surface area contributed by atoms with Crippen LogP contribution in [0.25, 0.3) is 17.0 Å². The van der Waals surface area contributed by atoms with Crippen LogP contribution in [0.15, 0.2) is 89.3 Å². The molecule has 0 spiro atoms. The summed E-state index contributed by atoms with van der Waals surface area (Å²) in [6.07, 6.45) is 0. The number of morpholine rings is 1. The lowest BCUT2D eigenvalue weighted by molar-refractivity contribution is 0.122. The number of allylic oxidation sites excluding steroid dienone is 1. The third kappa shape index (κ3) is 4.81. The van der Waals surface area contributed by atoms with Gasteiger partial charge in [0, 0.05) is 24.2 Å². The Kier molecular flexibility index (Phi) is 7.23. The van der Waals surface area contributed by atoms with E-state index < -0.39 is 0 Å². The molecule has 0 bridgehead atoms. The average molecular weight is 553 g/mol. The van der Waals surface area contributed by atoms with E-state index in [1.165, 1.54) is 23.9 Å². The first kappa shape index (κ1) is 25.7. The molecule has 0 radical (unpaired) electrons. The Morgan fingerprint density at radius 2 is 1.68 bits per heavy atom. The Labute approximate surface area is 235 Å². The van der Waals surface area contributed by atoms with Gasteiger partial charge in [0.15, 0.2) is 5.82 Å². The summed E-state index contributed by atoms with van der Waals surface area (Å²) < 4.78 is 26.6. The molecule has 0 saturated carbocycles. The number of methoxy groups -OCH3 is 1. The molecule has 3 heterocycles. The zero-order valence-corrected chi connectivity index (χ0v) is 22.5. The van der Waals surface area contributed by atoms with E-state index in [0.29, 0.717) is 54.4 Å².